The molecule has 0 unspecified atom stereocenters. The molecule has 0 radical (unpaired) electrons. The second-order valence-corrected chi connectivity index (χ2v) is 15.8. The Morgan fingerprint density at radius 1 is 0.317 bits per heavy atom. The highest BCUT2D eigenvalue weighted by molar-refractivity contribution is 6.12. The highest BCUT2D eigenvalue weighted by Crippen LogP contribution is 2.39. The second kappa shape index (κ2) is 13.9. The van der Waals surface area contributed by atoms with Gasteiger partial charge in [-0.25, -0.2) is 4.98 Å². The molecule has 294 valence electrons. The minimum absolute atomic E-state index is 0.570. The van der Waals surface area contributed by atoms with Crippen LogP contribution in [-0.2, 0) is 0 Å². The Labute approximate surface area is 360 Å². The molecule has 0 amide bonds. The molecule has 0 bridgehead atoms. The third-order valence-electron chi connectivity index (χ3n) is 12.2. The van der Waals surface area contributed by atoms with Gasteiger partial charge < -0.3 is 9.13 Å². The minimum atomic E-state index is 0.570. The summed E-state index contributed by atoms with van der Waals surface area (Å²) in [6.07, 6.45) is 5.76. The molecule has 0 saturated heterocycles. The van der Waals surface area contributed by atoms with Crippen molar-refractivity contribution in [1.82, 2.24) is 38.6 Å². The van der Waals surface area contributed by atoms with E-state index in [1.165, 1.54) is 10.8 Å². The molecule has 0 aliphatic heterocycles. The number of hydrogen-bond donors (Lipinski definition) is 0. The van der Waals surface area contributed by atoms with Crippen LogP contribution in [0.3, 0.4) is 0 Å². The molecule has 13 aromatic rings. The molecule has 6 heterocycles. The molecule has 0 aliphatic carbocycles. The van der Waals surface area contributed by atoms with Gasteiger partial charge in [-0.15, -0.1) is 0 Å². The molecule has 13 rings (SSSR count). The van der Waals surface area contributed by atoms with E-state index in [-0.39, 0.29) is 0 Å². The molecule has 8 heteroatoms. The number of fused-ring (bicyclic) bond motifs is 9. The van der Waals surface area contributed by atoms with Gasteiger partial charge in [0.05, 0.1) is 62.4 Å². The van der Waals surface area contributed by atoms with Gasteiger partial charge in [-0.3, -0.25) is 14.5 Å². The number of para-hydroxylation sites is 3. The SMILES string of the molecule is c1ccc(-c2nc(-c3ccccc3)nc(-n3c4ccccc4c4cc(-c5ccc6c7ccccc7n(-c7cncc(-n8c9ccccc9c9ncccc98)c7)c6c5)ccc43)n2)cc1. The molecule has 0 aliphatic rings. The molecule has 0 atom stereocenters. The fourth-order valence-electron chi connectivity index (χ4n) is 9.42. The molecule has 7 aromatic carbocycles. The van der Waals surface area contributed by atoms with Gasteiger partial charge in [-0.05, 0) is 65.7 Å². The molecular formula is C55H34N8. The van der Waals surface area contributed by atoms with Crippen molar-refractivity contribution in [3.63, 3.8) is 0 Å². The Hall–Kier alpha value is -8.75. The number of aromatic nitrogens is 8. The standard InChI is InChI=1S/C55H34N8/c1-3-14-35(15-4-1)53-58-54(36-16-5-2-6-17-36)60-55(59-53)63-47-22-11-8-19-42(47)45-30-37(26-28-49(45)63)38-25-27-43-41-18-7-10-21-46(41)62(51(43)31-38)40-32-39(33-56-34-40)61-48-23-12-9-20-44(48)52-50(61)24-13-29-57-52/h1-34H. The fraction of sp³-hybridized carbons (Fsp3) is 0. The summed E-state index contributed by atoms with van der Waals surface area (Å²) in [6.45, 7) is 0. The van der Waals surface area contributed by atoms with Gasteiger partial charge in [0.1, 0.15) is 0 Å². The summed E-state index contributed by atoms with van der Waals surface area (Å²) < 4.78 is 6.78. The first-order valence-corrected chi connectivity index (χ1v) is 21.0. The number of rotatable bonds is 6. The Morgan fingerprint density at radius 3 is 1.52 bits per heavy atom. The molecule has 63 heavy (non-hydrogen) atoms. The molecule has 0 saturated carbocycles. The van der Waals surface area contributed by atoms with Crippen molar-refractivity contribution in [2.75, 3.05) is 0 Å². The lowest BCUT2D eigenvalue weighted by atomic mass is 10.0. The zero-order valence-corrected chi connectivity index (χ0v) is 33.7. The van der Waals surface area contributed by atoms with Gasteiger partial charge in [-0.2, -0.15) is 9.97 Å². The quantitative estimate of drug-likeness (QED) is 0.167. The van der Waals surface area contributed by atoms with E-state index >= 15 is 0 Å². The summed E-state index contributed by atoms with van der Waals surface area (Å²) in [5.41, 5.74) is 13.4. The van der Waals surface area contributed by atoms with Crippen LogP contribution in [0.15, 0.2) is 207 Å². The third-order valence-corrected chi connectivity index (χ3v) is 12.2. The van der Waals surface area contributed by atoms with Crippen molar-refractivity contribution in [3.8, 4) is 51.2 Å². The zero-order chi connectivity index (χ0) is 41.4. The summed E-state index contributed by atoms with van der Waals surface area (Å²) in [5.74, 6) is 1.82. The highest BCUT2D eigenvalue weighted by Gasteiger charge is 2.20. The van der Waals surface area contributed by atoms with Crippen LogP contribution < -0.4 is 0 Å². The van der Waals surface area contributed by atoms with Crippen LogP contribution in [0.1, 0.15) is 0 Å². The Morgan fingerprint density at radius 2 is 0.825 bits per heavy atom. The van der Waals surface area contributed by atoms with Crippen LogP contribution in [0.2, 0.25) is 0 Å². The van der Waals surface area contributed by atoms with Crippen molar-refractivity contribution in [2.24, 2.45) is 0 Å². The first-order chi connectivity index (χ1) is 31.2. The van der Waals surface area contributed by atoms with Crippen molar-refractivity contribution in [3.05, 3.63) is 207 Å². The highest BCUT2D eigenvalue weighted by atomic mass is 15.2. The lowest BCUT2D eigenvalue weighted by Gasteiger charge is -2.12. The average Bonchev–Trinajstić information content (AvgIpc) is 4.00. The first-order valence-electron chi connectivity index (χ1n) is 21.0. The van der Waals surface area contributed by atoms with Gasteiger partial charge in [0.25, 0.3) is 0 Å². The molecule has 6 aromatic heterocycles. The molecule has 8 nitrogen and oxygen atoms in total. The van der Waals surface area contributed by atoms with E-state index in [9.17, 15) is 0 Å². The Balaban J connectivity index is 0.984. The van der Waals surface area contributed by atoms with Crippen LogP contribution >= 0.6 is 0 Å². The van der Waals surface area contributed by atoms with Gasteiger partial charge in [0.2, 0.25) is 5.95 Å². The monoisotopic (exact) mass is 806 g/mol. The van der Waals surface area contributed by atoms with E-state index in [4.69, 9.17) is 24.9 Å². The van der Waals surface area contributed by atoms with E-state index in [1.54, 1.807) is 0 Å². The van der Waals surface area contributed by atoms with Gasteiger partial charge >= 0.3 is 0 Å². The summed E-state index contributed by atoms with van der Waals surface area (Å²) in [6, 6.07) is 65.7. The lowest BCUT2D eigenvalue weighted by Crippen LogP contribution is -2.06. The van der Waals surface area contributed by atoms with Crippen molar-refractivity contribution in [1.29, 1.82) is 0 Å². The maximum absolute atomic E-state index is 5.13. The predicted octanol–water partition coefficient (Wildman–Crippen LogP) is 13.0. The van der Waals surface area contributed by atoms with Crippen LogP contribution in [0.5, 0.6) is 0 Å². The van der Waals surface area contributed by atoms with E-state index < -0.39 is 0 Å². The molecule has 0 spiro atoms. The Bertz CT molecular complexity index is 3810. The van der Waals surface area contributed by atoms with E-state index in [0.717, 1.165) is 88.4 Å². The normalized spacial score (nSPS) is 11.8. The van der Waals surface area contributed by atoms with Crippen molar-refractivity contribution in [2.45, 2.75) is 0 Å². The first kappa shape index (κ1) is 35.0. The summed E-state index contributed by atoms with van der Waals surface area (Å²) >= 11 is 0. The topological polar surface area (TPSA) is 79.2 Å². The smallest absolute Gasteiger partial charge is 0.238 e. The maximum Gasteiger partial charge on any atom is 0.238 e. The van der Waals surface area contributed by atoms with Gasteiger partial charge in [0.15, 0.2) is 11.6 Å². The van der Waals surface area contributed by atoms with Crippen molar-refractivity contribution < 1.29 is 0 Å². The van der Waals surface area contributed by atoms with Crippen LogP contribution in [-0.4, -0.2) is 38.6 Å². The largest absolute Gasteiger partial charge is 0.308 e. The predicted molar refractivity (Wildman–Crippen MR) is 255 cm³/mol. The van der Waals surface area contributed by atoms with Crippen molar-refractivity contribution >= 4 is 65.5 Å². The van der Waals surface area contributed by atoms with Crippen LogP contribution in [0, 0.1) is 0 Å². The summed E-state index contributed by atoms with van der Waals surface area (Å²) in [4.78, 5) is 24.9. The lowest BCUT2D eigenvalue weighted by molar-refractivity contribution is 0.953. The third kappa shape index (κ3) is 5.52. The van der Waals surface area contributed by atoms with Gasteiger partial charge in [0, 0.05) is 44.3 Å². The number of hydrogen-bond acceptors (Lipinski definition) is 5. The van der Waals surface area contributed by atoms with Gasteiger partial charge in [-0.1, -0.05) is 133 Å². The number of nitrogens with zero attached hydrogens (tertiary/aromatic N) is 8. The van der Waals surface area contributed by atoms with E-state index in [2.05, 4.69) is 135 Å². The molecule has 0 N–H and O–H groups in total. The Kier molecular flexibility index (Phi) is 7.74. The van der Waals surface area contributed by atoms with E-state index in [0.29, 0.717) is 17.6 Å². The van der Waals surface area contributed by atoms with Crippen LogP contribution in [0.4, 0.5) is 0 Å². The molecule has 0 fully saturated rings. The maximum atomic E-state index is 5.13. The summed E-state index contributed by atoms with van der Waals surface area (Å²) in [5, 5.41) is 5.71. The summed E-state index contributed by atoms with van der Waals surface area (Å²) in [7, 11) is 0. The number of pyridine rings is 2. The average molecular weight is 807 g/mol. The second-order valence-electron chi connectivity index (χ2n) is 15.8. The number of benzene rings is 7. The fourth-order valence-corrected chi connectivity index (χ4v) is 9.42. The molecular weight excluding hydrogens is 773 g/mol. The van der Waals surface area contributed by atoms with E-state index in [1.807, 2.05) is 85.3 Å². The zero-order valence-electron chi connectivity index (χ0n) is 33.7. The van der Waals surface area contributed by atoms with Crippen LogP contribution in [0.25, 0.3) is 117 Å². The minimum Gasteiger partial charge on any atom is -0.308 e.